The number of nitriles is 1. The predicted octanol–water partition coefficient (Wildman–Crippen LogP) is 6.67. The summed E-state index contributed by atoms with van der Waals surface area (Å²) in [7, 11) is 3.14. The number of carboxylic acid groups (broad SMARTS) is 1. The van der Waals surface area contributed by atoms with Crippen LogP contribution in [0.1, 0.15) is 38.6 Å². The van der Waals surface area contributed by atoms with Crippen LogP contribution in [0, 0.1) is 25.2 Å². The Morgan fingerprint density at radius 2 is 1.91 bits per heavy atom. The summed E-state index contributed by atoms with van der Waals surface area (Å²) in [6, 6.07) is 9.40. The van der Waals surface area contributed by atoms with Crippen molar-refractivity contribution in [1.29, 1.82) is 5.26 Å². The number of alkyl halides is 3. The Labute approximate surface area is 263 Å². The zero-order valence-electron chi connectivity index (χ0n) is 24.4. The van der Waals surface area contributed by atoms with Crippen molar-refractivity contribution in [3.8, 4) is 22.9 Å². The highest BCUT2D eigenvalue weighted by Gasteiger charge is 2.36. The standard InChI is InChI=1S/C31H25ClF3N5O4S/c1-15-9-19(28-27(37-15)22(14-45-28)30(42)43)18-10-17(32)5-6-25(18)44-8-7-40-16(2)38-24-11-23(31(33,34)35)21(13-39(3)4)20(12-36)26(24)29(40)41/h5-6,9-11,14H,7-8,13H2,1-4H3,(H,42,43). The molecule has 9 nitrogen and oxygen atoms in total. The lowest BCUT2D eigenvalue weighted by atomic mass is 9.96. The number of thiophene rings is 1. The van der Waals surface area contributed by atoms with Crippen molar-refractivity contribution in [3.05, 3.63) is 84.9 Å². The third kappa shape index (κ3) is 6.09. The fourth-order valence-corrected chi connectivity index (χ4v) is 6.41. The quantitative estimate of drug-likeness (QED) is 0.197. The number of halogens is 4. The topological polar surface area (TPSA) is 121 Å². The number of aromatic carboxylic acids is 1. The molecular formula is C31H25ClF3N5O4S. The second-order valence-electron chi connectivity index (χ2n) is 10.6. The fourth-order valence-electron chi connectivity index (χ4n) is 5.23. The van der Waals surface area contributed by atoms with Gasteiger partial charge in [0, 0.05) is 33.8 Å². The van der Waals surface area contributed by atoms with E-state index in [1.54, 1.807) is 45.3 Å². The van der Waals surface area contributed by atoms with Gasteiger partial charge in [0.25, 0.3) is 5.56 Å². The molecule has 0 amide bonds. The molecule has 5 aromatic rings. The van der Waals surface area contributed by atoms with E-state index in [1.165, 1.54) is 33.1 Å². The molecule has 0 saturated heterocycles. The van der Waals surface area contributed by atoms with Crippen LogP contribution in [-0.2, 0) is 19.3 Å². The van der Waals surface area contributed by atoms with E-state index < -0.39 is 23.3 Å². The molecule has 0 bridgehead atoms. The molecule has 0 spiro atoms. The van der Waals surface area contributed by atoms with Gasteiger partial charge in [-0.15, -0.1) is 11.3 Å². The molecule has 0 aliphatic heterocycles. The van der Waals surface area contributed by atoms with Gasteiger partial charge in [0.15, 0.2) is 0 Å². The van der Waals surface area contributed by atoms with E-state index in [-0.39, 0.29) is 53.1 Å². The first kappa shape index (κ1) is 31.9. The smallest absolute Gasteiger partial charge is 0.416 e. The molecule has 0 aliphatic rings. The number of hydrogen-bond acceptors (Lipinski definition) is 8. The highest BCUT2D eigenvalue weighted by Crippen LogP contribution is 2.40. The van der Waals surface area contributed by atoms with Gasteiger partial charge in [-0.25, -0.2) is 9.78 Å². The van der Waals surface area contributed by atoms with Crippen LogP contribution in [0.25, 0.3) is 32.2 Å². The first-order chi connectivity index (χ1) is 21.2. The average Bonchev–Trinajstić information content (AvgIpc) is 3.38. The lowest BCUT2D eigenvalue weighted by Crippen LogP contribution is -2.28. The monoisotopic (exact) mass is 655 g/mol. The number of ether oxygens (including phenoxy) is 1. The minimum Gasteiger partial charge on any atom is -0.491 e. The minimum atomic E-state index is -4.75. The molecule has 0 atom stereocenters. The van der Waals surface area contributed by atoms with Gasteiger partial charge >= 0.3 is 12.1 Å². The first-order valence-electron chi connectivity index (χ1n) is 13.4. The third-order valence-corrected chi connectivity index (χ3v) is 8.36. The number of aromatic nitrogens is 3. The van der Waals surface area contributed by atoms with Gasteiger partial charge in [0.05, 0.1) is 44.4 Å². The van der Waals surface area contributed by atoms with Gasteiger partial charge < -0.3 is 14.7 Å². The summed E-state index contributed by atoms with van der Waals surface area (Å²) in [5.41, 5.74) is -0.285. The van der Waals surface area contributed by atoms with Crippen molar-refractivity contribution in [1.82, 2.24) is 19.4 Å². The number of carboxylic acids is 1. The van der Waals surface area contributed by atoms with Crippen LogP contribution in [-0.4, -0.2) is 51.2 Å². The number of fused-ring (bicyclic) bond motifs is 2. The van der Waals surface area contributed by atoms with Gasteiger partial charge in [0.1, 0.15) is 24.3 Å². The SMILES string of the molecule is Cc1cc(-c2cc(Cl)ccc2OCCn2c(C)nc3cc(C(F)(F)F)c(CN(C)C)c(C#N)c3c2=O)c2scc(C(=O)O)c2n1. The Bertz CT molecular complexity index is 2100. The molecular weight excluding hydrogens is 631 g/mol. The van der Waals surface area contributed by atoms with Gasteiger partial charge in [0.2, 0.25) is 0 Å². The summed E-state index contributed by atoms with van der Waals surface area (Å²) >= 11 is 7.56. The molecule has 2 aromatic carbocycles. The first-order valence-corrected chi connectivity index (χ1v) is 14.7. The van der Waals surface area contributed by atoms with Gasteiger partial charge in [-0.1, -0.05) is 11.6 Å². The Morgan fingerprint density at radius 1 is 1.18 bits per heavy atom. The molecule has 1 N–H and O–H groups in total. The number of pyridine rings is 1. The van der Waals surface area contributed by atoms with Crippen LogP contribution >= 0.6 is 22.9 Å². The molecule has 232 valence electrons. The number of rotatable bonds is 8. The molecule has 0 fully saturated rings. The summed E-state index contributed by atoms with van der Waals surface area (Å²) in [6.07, 6.45) is -4.75. The van der Waals surface area contributed by atoms with Gasteiger partial charge in [-0.2, -0.15) is 18.4 Å². The number of benzene rings is 2. The molecule has 3 heterocycles. The molecule has 45 heavy (non-hydrogen) atoms. The molecule has 0 unspecified atom stereocenters. The average molecular weight is 656 g/mol. The lowest BCUT2D eigenvalue weighted by molar-refractivity contribution is -0.138. The summed E-state index contributed by atoms with van der Waals surface area (Å²) in [6.45, 7) is 2.96. The van der Waals surface area contributed by atoms with Crippen molar-refractivity contribution < 1.29 is 27.8 Å². The third-order valence-electron chi connectivity index (χ3n) is 7.12. The maximum Gasteiger partial charge on any atom is 0.416 e. The zero-order chi connectivity index (χ0) is 32.8. The maximum atomic E-state index is 14.0. The predicted molar refractivity (Wildman–Crippen MR) is 165 cm³/mol. The molecule has 14 heteroatoms. The Hall–Kier alpha value is -4.51. The molecule has 0 radical (unpaired) electrons. The molecule has 0 saturated carbocycles. The zero-order valence-corrected chi connectivity index (χ0v) is 26.0. The van der Waals surface area contributed by atoms with E-state index in [0.29, 0.717) is 37.8 Å². The Morgan fingerprint density at radius 3 is 2.56 bits per heavy atom. The van der Waals surface area contributed by atoms with E-state index in [1.807, 2.05) is 6.07 Å². The summed E-state index contributed by atoms with van der Waals surface area (Å²) in [5.74, 6) is -0.548. The molecule has 5 rings (SSSR count). The fraction of sp³-hybridized carbons (Fsp3) is 0.258. The highest BCUT2D eigenvalue weighted by atomic mass is 35.5. The number of nitrogens with zero attached hydrogens (tertiary/aromatic N) is 5. The molecule has 3 aromatic heterocycles. The normalized spacial score (nSPS) is 11.8. The van der Waals surface area contributed by atoms with Crippen LogP contribution in [0.5, 0.6) is 5.75 Å². The van der Waals surface area contributed by atoms with E-state index in [4.69, 9.17) is 16.3 Å². The molecule has 0 aliphatic carbocycles. The summed E-state index contributed by atoms with van der Waals surface area (Å²) < 4.78 is 50.0. The van der Waals surface area contributed by atoms with Crippen molar-refractivity contribution in [3.63, 3.8) is 0 Å². The van der Waals surface area contributed by atoms with Crippen molar-refractivity contribution >= 4 is 50.0 Å². The van der Waals surface area contributed by atoms with Crippen LogP contribution in [0.2, 0.25) is 5.02 Å². The number of aryl methyl sites for hydroxylation is 2. The van der Waals surface area contributed by atoms with Crippen LogP contribution in [0.3, 0.4) is 0 Å². The summed E-state index contributed by atoms with van der Waals surface area (Å²) in [4.78, 5) is 35.6. The van der Waals surface area contributed by atoms with Gasteiger partial charge in [-0.3, -0.25) is 14.3 Å². The van der Waals surface area contributed by atoms with Crippen LogP contribution in [0.4, 0.5) is 13.2 Å². The number of hydrogen-bond donors (Lipinski definition) is 1. The second kappa shape index (κ2) is 12.1. The van der Waals surface area contributed by atoms with Crippen LogP contribution in [0.15, 0.2) is 40.5 Å². The van der Waals surface area contributed by atoms with Gasteiger partial charge in [-0.05, 0) is 63.8 Å². The number of carbonyl (C=O) groups is 1. The van der Waals surface area contributed by atoms with E-state index in [9.17, 15) is 33.1 Å². The lowest BCUT2D eigenvalue weighted by Gasteiger charge is -2.20. The maximum absolute atomic E-state index is 14.0. The Kier molecular flexibility index (Phi) is 8.59. The van der Waals surface area contributed by atoms with E-state index in [0.717, 1.165) is 6.07 Å². The van der Waals surface area contributed by atoms with Crippen molar-refractivity contribution in [2.24, 2.45) is 0 Å². The second-order valence-corrected chi connectivity index (χ2v) is 11.9. The Balaban J connectivity index is 1.55. The minimum absolute atomic E-state index is 0.0302. The van der Waals surface area contributed by atoms with Crippen LogP contribution < -0.4 is 10.3 Å². The van der Waals surface area contributed by atoms with Crippen molar-refractivity contribution in [2.75, 3.05) is 20.7 Å². The summed E-state index contributed by atoms with van der Waals surface area (Å²) in [5, 5.41) is 21.3. The van der Waals surface area contributed by atoms with E-state index >= 15 is 0 Å². The largest absolute Gasteiger partial charge is 0.491 e. The van der Waals surface area contributed by atoms with Crippen molar-refractivity contribution in [2.45, 2.75) is 33.1 Å². The highest BCUT2D eigenvalue weighted by molar-refractivity contribution is 7.18. The van der Waals surface area contributed by atoms with E-state index in [2.05, 4.69) is 9.97 Å².